The Bertz CT molecular complexity index is 1610. The molecule has 42 heavy (non-hydrogen) atoms. The summed E-state index contributed by atoms with van der Waals surface area (Å²) in [6, 6.07) is 8.30. The molecule has 0 fully saturated rings. The van der Waals surface area contributed by atoms with Gasteiger partial charge in [0.1, 0.15) is 12.6 Å². The minimum absolute atomic E-state index is 0.200. The molecule has 1 heterocycles. The summed E-state index contributed by atoms with van der Waals surface area (Å²) in [5, 5.41) is 16.7. The maximum atomic E-state index is 14.0. The molecule has 0 bridgehead atoms. The van der Waals surface area contributed by atoms with E-state index in [-0.39, 0.29) is 17.5 Å². The summed E-state index contributed by atoms with van der Waals surface area (Å²) in [5.41, 5.74) is -2.48. The van der Waals surface area contributed by atoms with Gasteiger partial charge in [-0.15, -0.1) is 5.10 Å². The van der Waals surface area contributed by atoms with Crippen LogP contribution in [0.5, 0.6) is 0 Å². The summed E-state index contributed by atoms with van der Waals surface area (Å²) < 4.78 is 95.7. The predicted octanol–water partition coefficient (Wildman–Crippen LogP) is 2.97. The lowest BCUT2D eigenvalue weighted by atomic mass is 10.00. The first kappa shape index (κ1) is 32.9. The molecule has 2 aromatic carbocycles. The Morgan fingerprint density at radius 2 is 1.76 bits per heavy atom. The van der Waals surface area contributed by atoms with Gasteiger partial charge in [0.25, 0.3) is 5.92 Å². The van der Waals surface area contributed by atoms with Crippen LogP contribution in [0.3, 0.4) is 0 Å². The minimum Gasteiger partial charge on any atom is -0.385 e. The topological polar surface area (TPSA) is 135 Å². The van der Waals surface area contributed by atoms with Gasteiger partial charge in [0.15, 0.2) is 5.82 Å². The van der Waals surface area contributed by atoms with Crippen LogP contribution in [0.1, 0.15) is 17.2 Å². The Labute approximate surface area is 241 Å². The Kier molecular flexibility index (Phi) is 9.97. The van der Waals surface area contributed by atoms with E-state index in [4.69, 9.17) is 11.6 Å². The fraction of sp³-hybridized carbons (Fsp3) is 0.320. The summed E-state index contributed by atoms with van der Waals surface area (Å²) in [4.78, 5) is 26.1. The predicted molar refractivity (Wildman–Crippen MR) is 143 cm³/mol. The number of nitrogens with zero attached hydrogens (tertiary/aromatic N) is 3. The zero-order valence-electron chi connectivity index (χ0n) is 21.8. The third kappa shape index (κ3) is 8.24. The van der Waals surface area contributed by atoms with E-state index in [0.29, 0.717) is 14.3 Å². The number of amides is 1. The van der Waals surface area contributed by atoms with Crippen LogP contribution in [-0.4, -0.2) is 58.6 Å². The molecule has 0 saturated carbocycles. The largest absolute Gasteiger partial charge is 0.416 e. The quantitative estimate of drug-likeness (QED) is 0.207. The highest BCUT2D eigenvalue weighted by Crippen LogP contribution is 2.34. The normalized spacial score (nSPS) is 13.9. The van der Waals surface area contributed by atoms with E-state index in [0.717, 1.165) is 24.5 Å². The van der Waals surface area contributed by atoms with E-state index in [9.17, 15) is 45.1 Å². The van der Waals surface area contributed by atoms with Crippen LogP contribution in [0.4, 0.5) is 22.0 Å². The Morgan fingerprint density at radius 3 is 2.33 bits per heavy atom. The van der Waals surface area contributed by atoms with Gasteiger partial charge >= 0.3 is 11.9 Å². The van der Waals surface area contributed by atoms with Gasteiger partial charge in [0, 0.05) is 17.1 Å². The molecule has 3 N–H and O–H groups in total. The third-order valence-corrected chi connectivity index (χ3v) is 6.86. The van der Waals surface area contributed by atoms with Gasteiger partial charge in [-0.2, -0.15) is 22.0 Å². The van der Waals surface area contributed by atoms with E-state index in [1.165, 1.54) is 30.3 Å². The number of halogens is 6. The number of aliphatic hydroxyl groups is 1. The number of carbonyl (C=O) groups is 1. The van der Waals surface area contributed by atoms with Crippen molar-refractivity contribution in [2.45, 2.75) is 37.3 Å². The molecule has 10 nitrogen and oxygen atoms in total. The molecule has 1 aromatic heterocycles. The number of benzene rings is 2. The average Bonchev–Trinajstić information content (AvgIpc) is 3.20. The van der Waals surface area contributed by atoms with Crippen molar-refractivity contribution in [1.29, 1.82) is 0 Å². The monoisotopic (exact) mass is 637 g/mol. The van der Waals surface area contributed by atoms with Crippen LogP contribution >= 0.6 is 11.6 Å². The summed E-state index contributed by atoms with van der Waals surface area (Å²) in [5.74, 6) is -5.07. The molecule has 0 saturated heterocycles. The van der Waals surface area contributed by atoms with Crippen molar-refractivity contribution < 1.29 is 40.3 Å². The van der Waals surface area contributed by atoms with Crippen LogP contribution in [-0.2, 0) is 34.1 Å². The Morgan fingerprint density at radius 1 is 1.14 bits per heavy atom. The fourth-order valence-electron chi connectivity index (χ4n) is 3.86. The first-order valence-electron chi connectivity index (χ1n) is 12.0. The Hall–Kier alpha value is -3.60. The highest BCUT2D eigenvalue weighted by Gasteiger charge is 2.37. The first-order valence-corrected chi connectivity index (χ1v) is 14.2. The van der Waals surface area contributed by atoms with E-state index in [2.05, 4.69) is 17.0 Å². The molecule has 17 heteroatoms. The van der Waals surface area contributed by atoms with E-state index < -0.39 is 76.6 Å². The lowest BCUT2D eigenvalue weighted by molar-refractivity contribution is -0.138. The number of hydrogen-bond donors (Lipinski definition) is 3. The van der Waals surface area contributed by atoms with Gasteiger partial charge < -0.3 is 10.4 Å². The van der Waals surface area contributed by atoms with Crippen LogP contribution in [0.15, 0.2) is 66.0 Å². The Balaban J connectivity index is 1.99. The number of aliphatic hydroxyl groups excluding tert-OH is 1. The second-order valence-corrected chi connectivity index (χ2v) is 11.4. The van der Waals surface area contributed by atoms with Gasteiger partial charge in [-0.25, -0.2) is 22.6 Å². The van der Waals surface area contributed by atoms with Gasteiger partial charge in [-0.1, -0.05) is 36.4 Å². The summed E-state index contributed by atoms with van der Waals surface area (Å²) in [6.07, 6.45) is -6.28. The molecule has 228 valence electrons. The van der Waals surface area contributed by atoms with E-state index in [1.54, 1.807) is 0 Å². The van der Waals surface area contributed by atoms with Gasteiger partial charge in [-0.05, 0) is 42.0 Å². The molecule has 0 spiro atoms. The smallest absolute Gasteiger partial charge is 0.385 e. The van der Waals surface area contributed by atoms with E-state index >= 15 is 0 Å². The van der Waals surface area contributed by atoms with Crippen molar-refractivity contribution in [2.75, 3.05) is 12.8 Å². The zero-order valence-corrected chi connectivity index (χ0v) is 23.3. The van der Waals surface area contributed by atoms with Crippen molar-refractivity contribution in [3.05, 3.63) is 87.8 Å². The molecule has 2 unspecified atom stereocenters. The first-order chi connectivity index (χ1) is 19.4. The highest BCUT2D eigenvalue weighted by atomic mass is 35.5. The number of nitrogens with one attached hydrogen (secondary N) is 2. The maximum Gasteiger partial charge on any atom is 0.416 e. The number of carbonyl (C=O) groups excluding carboxylic acids is 1. The molecular formula is C25H25ClF5N5O5S. The van der Waals surface area contributed by atoms with Crippen molar-refractivity contribution in [1.82, 2.24) is 24.4 Å². The molecular weight excluding hydrogens is 613 g/mol. The number of rotatable bonds is 12. The van der Waals surface area contributed by atoms with Crippen molar-refractivity contribution in [3.63, 3.8) is 0 Å². The minimum atomic E-state index is -4.85. The fourth-order valence-corrected chi connectivity index (χ4v) is 4.46. The zero-order chi connectivity index (χ0) is 31.5. The van der Waals surface area contributed by atoms with Crippen LogP contribution in [0.2, 0.25) is 5.02 Å². The van der Waals surface area contributed by atoms with Crippen LogP contribution in [0.25, 0.3) is 11.4 Å². The summed E-state index contributed by atoms with van der Waals surface area (Å²) in [7, 11) is -3.89. The van der Waals surface area contributed by atoms with Gasteiger partial charge in [0.2, 0.25) is 15.9 Å². The number of alkyl halides is 5. The third-order valence-electron chi connectivity index (χ3n) is 5.92. The number of aromatic nitrogens is 3. The van der Waals surface area contributed by atoms with Gasteiger partial charge in [0.05, 0.1) is 24.4 Å². The summed E-state index contributed by atoms with van der Waals surface area (Å²) in [6.45, 7) is 0.431. The maximum absolute atomic E-state index is 14.0. The molecule has 2 atom stereocenters. The van der Waals surface area contributed by atoms with Crippen molar-refractivity contribution >= 4 is 27.5 Å². The number of sulfonamides is 1. The molecule has 0 radical (unpaired) electrons. The van der Waals surface area contributed by atoms with Crippen LogP contribution < -0.4 is 15.7 Å². The SMILES string of the molecule is C=CC(F)(F)C(O)Cn1c(-c2ccc(Cl)cc2)nn(CC(=O)NC(CNS(C)(=O)=O)c2ccccc2C(F)(F)F)c1=O. The second kappa shape index (κ2) is 12.7. The molecule has 0 aliphatic carbocycles. The van der Waals surface area contributed by atoms with Crippen molar-refractivity contribution in [2.24, 2.45) is 0 Å². The summed E-state index contributed by atoms with van der Waals surface area (Å²) >= 11 is 5.89. The highest BCUT2D eigenvalue weighted by molar-refractivity contribution is 7.88. The van der Waals surface area contributed by atoms with Gasteiger partial charge in [-0.3, -0.25) is 9.36 Å². The molecule has 3 rings (SSSR count). The standard InChI is InChI=1S/C25H25ClF5N5O5S/c1-3-24(27,28)20(37)13-35-22(15-8-10-16(26)11-9-15)34-36(23(35)39)14-21(38)33-19(12-32-42(2,40)41)17-6-4-5-7-18(17)25(29,30)31/h3-11,19-20,32,37H,1,12-14H2,2H3,(H,33,38). The average molecular weight is 638 g/mol. The number of hydrogen-bond acceptors (Lipinski definition) is 6. The lowest BCUT2D eigenvalue weighted by Gasteiger charge is -2.23. The van der Waals surface area contributed by atoms with Crippen LogP contribution in [0, 0.1) is 0 Å². The second-order valence-electron chi connectivity index (χ2n) is 9.10. The van der Waals surface area contributed by atoms with E-state index in [1.807, 2.05) is 4.72 Å². The lowest BCUT2D eigenvalue weighted by Crippen LogP contribution is -2.42. The van der Waals surface area contributed by atoms with Crippen molar-refractivity contribution in [3.8, 4) is 11.4 Å². The molecule has 0 aliphatic rings. The molecule has 1 amide bonds. The molecule has 0 aliphatic heterocycles. The molecule has 3 aromatic rings.